The molecule has 0 heterocycles. The summed E-state index contributed by atoms with van der Waals surface area (Å²) in [6, 6.07) is -3.01. The molecule has 0 heteroatoms. The maximum atomic E-state index is 7.70. The van der Waals surface area contributed by atoms with Gasteiger partial charge < -0.3 is 0 Å². The minimum absolute atomic E-state index is 0.962. The number of hydrogen-bond donors (Lipinski definition) is 0. The highest BCUT2D eigenvalue weighted by atomic mass is 13.9. The van der Waals surface area contributed by atoms with Gasteiger partial charge in [0.25, 0.3) is 0 Å². The lowest BCUT2D eigenvalue weighted by Crippen LogP contribution is -1.78. The van der Waals surface area contributed by atoms with Gasteiger partial charge in [-0.3, -0.25) is 0 Å². The molecule has 1 rings (SSSR count). The second kappa shape index (κ2) is 2.22. The van der Waals surface area contributed by atoms with E-state index in [-0.39, 0.29) is 0 Å². The highest BCUT2D eigenvalue weighted by Gasteiger charge is 1.87. The summed E-state index contributed by atoms with van der Waals surface area (Å²) in [7, 11) is 0. The molecule has 0 bridgehead atoms. The maximum Gasteiger partial charge on any atom is 0.0628 e. The first-order chi connectivity index (χ1) is 9.10. The molecule has 9 heavy (non-hydrogen) atoms. The molecular formula is C9H12. The summed E-state index contributed by atoms with van der Waals surface area (Å²) in [6.07, 6.45) is 0. The molecule has 0 atom stereocenters. The Kier molecular flexibility index (Phi) is 0.258. The van der Waals surface area contributed by atoms with Crippen LogP contribution in [0.15, 0.2) is 18.1 Å². The van der Waals surface area contributed by atoms with E-state index >= 15 is 0 Å². The van der Waals surface area contributed by atoms with Crippen molar-refractivity contribution in [3.05, 3.63) is 34.8 Å². The fourth-order valence-corrected chi connectivity index (χ4v) is 0.469. The first-order valence-corrected chi connectivity index (χ1v) is 2.25. The summed E-state index contributed by atoms with van der Waals surface area (Å²) in [5.74, 6) is 0. The van der Waals surface area contributed by atoms with Gasteiger partial charge in [-0.05, 0) is 20.6 Å². The van der Waals surface area contributed by atoms with Crippen molar-refractivity contribution in [2.24, 2.45) is 0 Å². The summed E-state index contributed by atoms with van der Waals surface area (Å²) in [5, 5.41) is 0. The molecule has 0 fully saturated rings. The molecular weight excluding hydrogens is 108 g/mol. The van der Waals surface area contributed by atoms with Crippen molar-refractivity contribution < 1.29 is 16.4 Å². The van der Waals surface area contributed by atoms with Crippen LogP contribution in [-0.2, 0) is 0 Å². The average molecular weight is 132 g/mol. The van der Waals surface area contributed by atoms with E-state index in [1.54, 1.807) is 0 Å². The Morgan fingerprint density at radius 3 is 1.56 bits per heavy atom. The predicted molar refractivity (Wildman–Crippen MR) is 40.7 cm³/mol. The van der Waals surface area contributed by atoms with Crippen molar-refractivity contribution in [2.45, 2.75) is 20.6 Å². The van der Waals surface area contributed by atoms with Crippen LogP contribution in [-0.4, -0.2) is 0 Å². The zero-order valence-corrected chi connectivity index (χ0v) is 4.50. The molecule has 0 saturated carbocycles. The van der Waals surface area contributed by atoms with Crippen molar-refractivity contribution in [2.75, 3.05) is 0 Å². The summed E-state index contributed by atoms with van der Waals surface area (Å²) >= 11 is 0. The van der Waals surface area contributed by atoms with Gasteiger partial charge in [-0.1, -0.05) is 34.8 Å². The lowest BCUT2D eigenvalue weighted by molar-refractivity contribution is 1.32. The SMILES string of the molecule is [2H]c1c(C([2H])([2H])[2H])c([2H])c(C([2H])([2H])[2H])c([2H])c1C([2H])([2H])[2H]. The molecule has 0 amide bonds. The third-order valence-corrected chi connectivity index (χ3v) is 0.750. The zero-order chi connectivity index (χ0) is 17.0. The Balaban J connectivity index is 4.04. The zero-order valence-electron chi connectivity index (χ0n) is 16.5. The molecule has 0 aliphatic heterocycles. The van der Waals surface area contributed by atoms with Crippen LogP contribution >= 0.6 is 0 Å². The lowest BCUT2D eigenvalue weighted by Gasteiger charge is -1.96. The predicted octanol–water partition coefficient (Wildman–Crippen LogP) is 2.61. The van der Waals surface area contributed by atoms with Gasteiger partial charge in [0, 0.05) is 12.3 Å². The fraction of sp³-hybridized carbons (Fsp3) is 0.333. The Labute approximate surface area is 73.4 Å². The summed E-state index contributed by atoms with van der Waals surface area (Å²) in [5.41, 5.74) is -2.89. The molecule has 48 valence electrons. The van der Waals surface area contributed by atoms with Crippen LogP contribution in [0, 0.1) is 20.6 Å². The number of benzene rings is 1. The van der Waals surface area contributed by atoms with Crippen LogP contribution in [0.2, 0.25) is 0 Å². The van der Waals surface area contributed by atoms with E-state index in [2.05, 4.69) is 0 Å². The molecule has 1 aromatic carbocycles. The fourth-order valence-electron chi connectivity index (χ4n) is 0.469. The quantitative estimate of drug-likeness (QED) is 0.509. The Morgan fingerprint density at radius 1 is 1.00 bits per heavy atom. The largest absolute Gasteiger partial charge is 0.0628 e. The van der Waals surface area contributed by atoms with E-state index in [4.69, 9.17) is 16.4 Å². The Bertz CT molecular complexity index is 456. The second-order valence-corrected chi connectivity index (χ2v) is 1.50. The minimum atomic E-state index is -3.03. The normalized spacial score (nSPS) is 33.3. The van der Waals surface area contributed by atoms with Crippen molar-refractivity contribution in [1.29, 1.82) is 0 Å². The molecule has 0 spiro atoms. The minimum Gasteiger partial charge on any atom is -0.0564 e. The van der Waals surface area contributed by atoms with Gasteiger partial charge in [0.1, 0.15) is 0 Å². The van der Waals surface area contributed by atoms with Crippen molar-refractivity contribution in [3.63, 3.8) is 0 Å². The molecule has 0 nitrogen and oxygen atoms in total. The Hall–Kier alpha value is -0.780. The van der Waals surface area contributed by atoms with Gasteiger partial charge in [0.15, 0.2) is 0 Å². The molecule has 0 aliphatic rings. The standard InChI is InChI=1S/C9H12/c1-7-4-8(2)6-9(3)5-7/h4-6H,1-3H3/i1D3,2D3,3D3,4D,5D,6D. The highest BCUT2D eigenvalue weighted by Crippen LogP contribution is 2.06. The van der Waals surface area contributed by atoms with Gasteiger partial charge in [0.05, 0.1) is 4.11 Å². The molecule has 0 aliphatic carbocycles. The van der Waals surface area contributed by atoms with Crippen molar-refractivity contribution >= 4 is 0 Å². The second-order valence-electron chi connectivity index (χ2n) is 1.50. The Morgan fingerprint density at radius 2 is 1.33 bits per heavy atom. The molecule has 0 N–H and O–H groups in total. The van der Waals surface area contributed by atoms with Gasteiger partial charge in [-0.2, -0.15) is 0 Å². The van der Waals surface area contributed by atoms with Gasteiger partial charge in [0.2, 0.25) is 0 Å². The van der Waals surface area contributed by atoms with E-state index in [0.717, 1.165) is 0 Å². The third kappa shape index (κ3) is 1.56. The topological polar surface area (TPSA) is 0 Å². The molecule has 0 radical (unpaired) electrons. The van der Waals surface area contributed by atoms with E-state index in [1.165, 1.54) is 0 Å². The average Bonchev–Trinajstić information content (AvgIpc) is 2.07. The van der Waals surface area contributed by atoms with E-state index < -0.39 is 55.4 Å². The van der Waals surface area contributed by atoms with Crippen LogP contribution in [0.1, 0.15) is 33.1 Å². The summed E-state index contributed by atoms with van der Waals surface area (Å²) < 4.78 is 88.7. The first-order valence-electron chi connectivity index (χ1n) is 8.25. The lowest BCUT2D eigenvalue weighted by atomic mass is 10.1. The van der Waals surface area contributed by atoms with Gasteiger partial charge >= 0.3 is 0 Å². The summed E-state index contributed by atoms with van der Waals surface area (Å²) in [6.45, 7) is -9.08. The first kappa shape index (κ1) is 1.05. The van der Waals surface area contributed by atoms with Crippen molar-refractivity contribution in [3.8, 4) is 0 Å². The van der Waals surface area contributed by atoms with E-state index in [1.807, 2.05) is 0 Å². The monoisotopic (exact) mass is 132 g/mol. The number of hydrogen-bond acceptors (Lipinski definition) is 0. The van der Waals surface area contributed by atoms with Crippen LogP contribution in [0.3, 0.4) is 0 Å². The van der Waals surface area contributed by atoms with Crippen molar-refractivity contribution in [1.82, 2.24) is 0 Å². The van der Waals surface area contributed by atoms with Crippen LogP contribution in [0.4, 0.5) is 0 Å². The van der Waals surface area contributed by atoms with E-state index in [9.17, 15) is 0 Å². The third-order valence-electron chi connectivity index (χ3n) is 0.750. The van der Waals surface area contributed by atoms with Crippen LogP contribution in [0.25, 0.3) is 0 Å². The summed E-state index contributed by atoms with van der Waals surface area (Å²) in [4.78, 5) is 0. The maximum absolute atomic E-state index is 7.70. The molecule has 0 unspecified atom stereocenters. The smallest absolute Gasteiger partial charge is 0.0564 e. The number of rotatable bonds is 0. The molecule has 1 aromatic rings. The van der Waals surface area contributed by atoms with Gasteiger partial charge in [-0.15, -0.1) is 0 Å². The van der Waals surface area contributed by atoms with Crippen LogP contribution < -0.4 is 0 Å². The van der Waals surface area contributed by atoms with Gasteiger partial charge in [-0.25, -0.2) is 0 Å². The molecule has 0 saturated heterocycles. The molecule has 0 aromatic heterocycles. The van der Waals surface area contributed by atoms with E-state index in [0.29, 0.717) is 0 Å². The van der Waals surface area contributed by atoms with Crippen LogP contribution in [0.5, 0.6) is 0 Å². The highest BCUT2D eigenvalue weighted by molar-refractivity contribution is 5.27.